The standard InChI is InChI=1S/C14H24N4S/c1-3-6-16-14(15-2)17-7-9-18-8-4-13-12(11-18)5-10-19-13/h5,10H,3-4,6-9,11H2,1-2H3,(H2,15,16,17). The second kappa shape index (κ2) is 7.50. The number of rotatable bonds is 5. The molecule has 0 amide bonds. The molecule has 1 aromatic rings. The van der Waals surface area contributed by atoms with E-state index < -0.39 is 0 Å². The van der Waals surface area contributed by atoms with Crippen molar-refractivity contribution in [3.63, 3.8) is 0 Å². The number of nitrogens with zero attached hydrogens (tertiary/aromatic N) is 2. The van der Waals surface area contributed by atoms with Crippen LogP contribution in [0.1, 0.15) is 23.8 Å². The Morgan fingerprint density at radius 3 is 3.05 bits per heavy atom. The lowest BCUT2D eigenvalue weighted by atomic mass is 10.1. The van der Waals surface area contributed by atoms with E-state index in [0.29, 0.717) is 0 Å². The van der Waals surface area contributed by atoms with E-state index in [4.69, 9.17) is 0 Å². The van der Waals surface area contributed by atoms with Crippen LogP contribution in [0, 0.1) is 0 Å². The zero-order valence-corrected chi connectivity index (χ0v) is 12.7. The monoisotopic (exact) mass is 280 g/mol. The lowest BCUT2D eigenvalue weighted by Gasteiger charge is -2.27. The van der Waals surface area contributed by atoms with E-state index in [-0.39, 0.29) is 0 Å². The maximum absolute atomic E-state index is 4.21. The van der Waals surface area contributed by atoms with Crippen LogP contribution in [0.4, 0.5) is 0 Å². The maximum Gasteiger partial charge on any atom is 0.191 e. The number of hydrogen-bond acceptors (Lipinski definition) is 3. The first-order valence-electron chi connectivity index (χ1n) is 7.05. The van der Waals surface area contributed by atoms with E-state index in [2.05, 4.69) is 38.9 Å². The summed E-state index contributed by atoms with van der Waals surface area (Å²) in [7, 11) is 1.82. The minimum Gasteiger partial charge on any atom is -0.356 e. The van der Waals surface area contributed by atoms with Crippen LogP contribution in [-0.4, -0.2) is 44.1 Å². The summed E-state index contributed by atoms with van der Waals surface area (Å²) in [6.45, 7) is 7.43. The molecule has 0 radical (unpaired) electrons. The zero-order chi connectivity index (χ0) is 13.5. The van der Waals surface area contributed by atoms with Crippen molar-refractivity contribution in [2.45, 2.75) is 26.3 Å². The van der Waals surface area contributed by atoms with Crippen LogP contribution in [-0.2, 0) is 13.0 Å². The Balaban J connectivity index is 1.69. The highest BCUT2D eigenvalue weighted by Gasteiger charge is 2.16. The van der Waals surface area contributed by atoms with Crippen molar-refractivity contribution < 1.29 is 0 Å². The van der Waals surface area contributed by atoms with E-state index in [1.165, 1.54) is 18.5 Å². The number of thiophene rings is 1. The average Bonchev–Trinajstić information content (AvgIpc) is 2.90. The van der Waals surface area contributed by atoms with E-state index in [1.807, 2.05) is 18.4 Å². The number of fused-ring (bicyclic) bond motifs is 1. The Hall–Kier alpha value is -1.07. The average molecular weight is 280 g/mol. The van der Waals surface area contributed by atoms with Crippen LogP contribution >= 0.6 is 11.3 Å². The molecule has 0 saturated carbocycles. The van der Waals surface area contributed by atoms with Gasteiger partial charge in [-0.15, -0.1) is 11.3 Å². The fourth-order valence-corrected chi connectivity index (χ4v) is 3.18. The maximum atomic E-state index is 4.21. The SMILES string of the molecule is CCCNC(=NC)NCCN1CCc2sccc2C1. The van der Waals surface area contributed by atoms with E-state index >= 15 is 0 Å². The first-order chi connectivity index (χ1) is 9.33. The van der Waals surface area contributed by atoms with Gasteiger partial charge in [-0.1, -0.05) is 6.92 Å². The minimum absolute atomic E-state index is 0.912. The third-order valence-corrected chi connectivity index (χ3v) is 4.40. The van der Waals surface area contributed by atoms with Crippen molar-refractivity contribution in [1.29, 1.82) is 0 Å². The van der Waals surface area contributed by atoms with E-state index in [0.717, 1.165) is 38.6 Å². The number of guanidine groups is 1. The summed E-state index contributed by atoms with van der Waals surface area (Å²) in [6, 6.07) is 2.27. The highest BCUT2D eigenvalue weighted by Crippen LogP contribution is 2.23. The lowest BCUT2D eigenvalue weighted by Crippen LogP contribution is -2.42. The molecule has 1 aliphatic rings. The Bertz CT molecular complexity index is 413. The molecule has 0 unspecified atom stereocenters. The van der Waals surface area contributed by atoms with Crippen molar-refractivity contribution in [2.24, 2.45) is 4.99 Å². The predicted molar refractivity (Wildman–Crippen MR) is 83.0 cm³/mol. The van der Waals surface area contributed by atoms with Crippen molar-refractivity contribution >= 4 is 17.3 Å². The molecule has 0 bridgehead atoms. The molecule has 1 aromatic heterocycles. The van der Waals surface area contributed by atoms with Crippen molar-refractivity contribution in [2.75, 3.05) is 33.2 Å². The summed E-state index contributed by atoms with van der Waals surface area (Å²) < 4.78 is 0. The summed E-state index contributed by atoms with van der Waals surface area (Å²) in [5, 5.41) is 8.87. The van der Waals surface area contributed by atoms with Gasteiger partial charge < -0.3 is 10.6 Å². The molecule has 0 aromatic carbocycles. The van der Waals surface area contributed by atoms with Gasteiger partial charge in [0.2, 0.25) is 0 Å². The quantitative estimate of drug-likeness (QED) is 0.637. The molecule has 0 aliphatic carbocycles. The van der Waals surface area contributed by atoms with Crippen LogP contribution in [0.5, 0.6) is 0 Å². The van der Waals surface area contributed by atoms with Crippen LogP contribution in [0.25, 0.3) is 0 Å². The van der Waals surface area contributed by atoms with Crippen LogP contribution in [0.3, 0.4) is 0 Å². The van der Waals surface area contributed by atoms with Gasteiger partial charge in [0.15, 0.2) is 5.96 Å². The van der Waals surface area contributed by atoms with Gasteiger partial charge in [0.05, 0.1) is 0 Å². The van der Waals surface area contributed by atoms with E-state index in [1.54, 1.807) is 4.88 Å². The van der Waals surface area contributed by atoms with Gasteiger partial charge >= 0.3 is 0 Å². The van der Waals surface area contributed by atoms with Gasteiger partial charge in [-0.2, -0.15) is 0 Å². The summed E-state index contributed by atoms with van der Waals surface area (Å²) in [6.07, 6.45) is 2.32. The first-order valence-corrected chi connectivity index (χ1v) is 7.93. The molecule has 1 aliphatic heterocycles. The molecule has 2 N–H and O–H groups in total. The minimum atomic E-state index is 0.912. The topological polar surface area (TPSA) is 39.7 Å². The summed E-state index contributed by atoms with van der Waals surface area (Å²) in [5.41, 5.74) is 1.52. The Labute approximate surface area is 119 Å². The molecule has 2 heterocycles. The predicted octanol–water partition coefficient (Wildman–Crippen LogP) is 1.68. The van der Waals surface area contributed by atoms with Gasteiger partial charge in [-0.25, -0.2) is 0 Å². The smallest absolute Gasteiger partial charge is 0.191 e. The summed E-state index contributed by atoms with van der Waals surface area (Å²) in [4.78, 5) is 8.30. The second-order valence-electron chi connectivity index (χ2n) is 4.82. The Kier molecular flexibility index (Phi) is 5.66. The molecule has 2 rings (SSSR count). The van der Waals surface area contributed by atoms with Gasteiger partial charge in [-0.3, -0.25) is 9.89 Å². The third kappa shape index (κ3) is 4.21. The molecule has 0 saturated heterocycles. The number of hydrogen-bond donors (Lipinski definition) is 2. The van der Waals surface area contributed by atoms with E-state index in [9.17, 15) is 0 Å². The fourth-order valence-electron chi connectivity index (χ4n) is 2.29. The Morgan fingerprint density at radius 2 is 2.26 bits per heavy atom. The van der Waals surface area contributed by atoms with Crippen LogP contribution < -0.4 is 10.6 Å². The summed E-state index contributed by atoms with van der Waals surface area (Å²) in [5.74, 6) is 0.912. The Morgan fingerprint density at radius 1 is 1.42 bits per heavy atom. The molecule has 5 heteroatoms. The van der Waals surface area contributed by atoms with Crippen molar-refractivity contribution in [1.82, 2.24) is 15.5 Å². The highest BCUT2D eigenvalue weighted by molar-refractivity contribution is 7.10. The van der Waals surface area contributed by atoms with Crippen LogP contribution in [0.15, 0.2) is 16.4 Å². The molecule has 0 spiro atoms. The molecule has 106 valence electrons. The van der Waals surface area contributed by atoms with Gasteiger partial charge in [0, 0.05) is 44.6 Å². The van der Waals surface area contributed by atoms with Gasteiger partial charge in [0.1, 0.15) is 0 Å². The molecular weight excluding hydrogens is 256 g/mol. The lowest BCUT2D eigenvalue weighted by molar-refractivity contribution is 0.260. The molecular formula is C14H24N4S. The fraction of sp³-hybridized carbons (Fsp3) is 0.643. The first kappa shape index (κ1) is 14.3. The van der Waals surface area contributed by atoms with Gasteiger partial charge in [-0.05, 0) is 29.9 Å². The second-order valence-corrected chi connectivity index (χ2v) is 5.82. The number of nitrogens with one attached hydrogen (secondary N) is 2. The highest BCUT2D eigenvalue weighted by atomic mass is 32.1. The molecule has 4 nitrogen and oxygen atoms in total. The summed E-state index contributed by atoms with van der Waals surface area (Å²) >= 11 is 1.90. The molecule has 19 heavy (non-hydrogen) atoms. The molecule has 0 fully saturated rings. The van der Waals surface area contributed by atoms with Crippen LogP contribution in [0.2, 0.25) is 0 Å². The third-order valence-electron chi connectivity index (χ3n) is 3.37. The van der Waals surface area contributed by atoms with Crippen molar-refractivity contribution in [3.05, 3.63) is 21.9 Å². The largest absolute Gasteiger partial charge is 0.356 e. The number of aliphatic imine (C=N–C) groups is 1. The van der Waals surface area contributed by atoms with Gasteiger partial charge in [0.25, 0.3) is 0 Å². The zero-order valence-electron chi connectivity index (χ0n) is 11.9. The van der Waals surface area contributed by atoms with Crippen molar-refractivity contribution in [3.8, 4) is 0 Å². The normalized spacial score (nSPS) is 16.2. The molecule has 0 atom stereocenters.